The van der Waals surface area contributed by atoms with Crippen LogP contribution in [0.5, 0.6) is 0 Å². The van der Waals surface area contributed by atoms with Gasteiger partial charge in [-0.1, -0.05) is 34.1 Å². The van der Waals surface area contributed by atoms with Crippen molar-refractivity contribution in [3.8, 4) is 0 Å². The normalized spacial score (nSPS) is 11.8. The average molecular weight is 383 g/mol. The number of amides is 2. The third kappa shape index (κ3) is 4.35. The van der Waals surface area contributed by atoms with Crippen LogP contribution in [0.15, 0.2) is 46.9 Å². The van der Waals surface area contributed by atoms with Crippen molar-refractivity contribution < 1.29 is 18.4 Å². The van der Waals surface area contributed by atoms with Gasteiger partial charge in [0, 0.05) is 17.0 Å². The third-order valence-electron chi connectivity index (χ3n) is 3.21. The number of carbonyl (C=O) groups excluding carboxylic acids is 2. The molecule has 2 aromatic carbocycles. The molecule has 0 heterocycles. The lowest BCUT2D eigenvalue weighted by molar-refractivity contribution is -0.119. The van der Waals surface area contributed by atoms with Crippen molar-refractivity contribution in [1.82, 2.24) is 5.32 Å². The predicted octanol–water partition coefficient (Wildman–Crippen LogP) is 2.55. The van der Waals surface area contributed by atoms with Crippen LogP contribution in [-0.2, 0) is 11.2 Å². The summed E-state index contributed by atoms with van der Waals surface area (Å²) >= 11 is 3.34. The first-order valence-electron chi connectivity index (χ1n) is 6.67. The van der Waals surface area contributed by atoms with Gasteiger partial charge in [0.1, 0.15) is 17.7 Å². The lowest BCUT2D eigenvalue weighted by Crippen LogP contribution is -2.46. The van der Waals surface area contributed by atoms with Crippen molar-refractivity contribution in [2.75, 3.05) is 0 Å². The summed E-state index contributed by atoms with van der Waals surface area (Å²) in [6, 6.07) is 8.69. The number of halogens is 3. The Morgan fingerprint density at radius 2 is 1.87 bits per heavy atom. The van der Waals surface area contributed by atoms with E-state index in [-0.39, 0.29) is 12.0 Å². The predicted molar refractivity (Wildman–Crippen MR) is 84.7 cm³/mol. The lowest BCUT2D eigenvalue weighted by Gasteiger charge is -2.16. The van der Waals surface area contributed by atoms with Gasteiger partial charge >= 0.3 is 0 Å². The summed E-state index contributed by atoms with van der Waals surface area (Å²) in [5.74, 6) is -3.39. The number of primary amides is 1. The SMILES string of the molecule is NC(=O)[C@H](Cc1ccccc1Br)NC(=O)c1ccc(F)cc1F. The molecule has 2 amide bonds. The zero-order valence-corrected chi connectivity index (χ0v) is 13.4. The van der Waals surface area contributed by atoms with Crippen molar-refractivity contribution in [3.63, 3.8) is 0 Å². The van der Waals surface area contributed by atoms with Crippen molar-refractivity contribution in [3.05, 3.63) is 69.7 Å². The third-order valence-corrected chi connectivity index (χ3v) is 3.98. The van der Waals surface area contributed by atoms with Crippen molar-refractivity contribution in [2.45, 2.75) is 12.5 Å². The summed E-state index contributed by atoms with van der Waals surface area (Å²) in [6.45, 7) is 0. The van der Waals surface area contributed by atoms with Gasteiger partial charge in [0.25, 0.3) is 5.91 Å². The average Bonchev–Trinajstić information content (AvgIpc) is 2.48. The molecule has 0 aliphatic carbocycles. The van der Waals surface area contributed by atoms with Gasteiger partial charge in [-0.05, 0) is 23.8 Å². The first-order valence-corrected chi connectivity index (χ1v) is 7.46. The van der Waals surface area contributed by atoms with E-state index in [1.54, 1.807) is 24.3 Å². The monoisotopic (exact) mass is 382 g/mol. The highest BCUT2D eigenvalue weighted by Crippen LogP contribution is 2.18. The van der Waals surface area contributed by atoms with E-state index >= 15 is 0 Å². The molecule has 7 heteroatoms. The molecule has 1 atom stereocenters. The highest BCUT2D eigenvalue weighted by atomic mass is 79.9. The molecule has 0 saturated heterocycles. The number of benzene rings is 2. The van der Waals surface area contributed by atoms with Gasteiger partial charge in [-0.2, -0.15) is 0 Å². The molecule has 4 nitrogen and oxygen atoms in total. The van der Waals surface area contributed by atoms with Gasteiger partial charge in [-0.25, -0.2) is 8.78 Å². The fourth-order valence-corrected chi connectivity index (χ4v) is 2.46. The molecule has 0 fully saturated rings. The molecule has 0 aliphatic heterocycles. The van der Waals surface area contributed by atoms with Gasteiger partial charge in [-0.3, -0.25) is 9.59 Å². The largest absolute Gasteiger partial charge is 0.368 e. The highest BCUT2D eigenvalue weighted by molar-refractivity contribution is 9.10. The lowest BCUT2D eigenvalue weighted by atomic mass is 10.0. The Kier molecular flexibility index (Phi) is 5.44. The molecular weight excluding hydrogens is 370 g/mol. The van der Waals surface area contributed by atoms with E-state index in [0.717, 1.165) is 22.2 Å². The maximum Gasteiger partial charge on any atom is 0.254 e. The number of hydrogen-bond acceptors (Lipinski definition) is 2. The molecule has 0 unspecified atom stereocenters. The second-order valence-electron chi connectivity index (χ2n) is 4.85. The summed E-state index contributed by atoms with van der Waals surface area (Å²) in [6.07, 6.45) is 0.144. The Morgan fingerprint density at radius 1 is 1.17 bits per heavy atom. The van der Waals surface area contributed by atoms with Crippen LogP contribution in [0.1, 0.15) is 15.9 Å². The molecule has 0 bridgehead atoms. The van der Waals surface area contributed by atoms with Crippen LogP contribution < -0.4 is 11.1 Å². The fourth-order valence-electron chi connectivity index (χ4n) is 2.02. The number of nitrogens with two attached hydrogens (primary N) is 1. The number of hydrogen-bond donors (Lipinski definition) is 2. The minimum absolute atomic E-state index is 0.144. The smallest absolute Gasteiger partial charge is 0.254 e. The molecule has 3 N–H and O–H groups in total. The van der Waals surface area contributed by atoms with Crippen molar-refractivity contribution in [2.24, 2.45) is 5.73 Å². The van der Waals surface area contributed by atoms with Crippen LogP contribution in [0.4, 0.5) is 8.78 Å². The molecule has 2 aromatic rings. The Morgan fingerprint density at radius 3 is 2.48 bits per heavy atom. The molecule has 0 spiro atoms. The van der Waals surface area contributed by atoms with E-state index in [2.05, 4.69) is 21.2 Å². The molecule has 120 valence electrons. The standard InChI is InChI=1S/C16H13BrF2N2O2/c17-12-4-2-1-3-9(12)7-14(15(20)22)21-16(23)11-6-5-10(18)8-13(11)19/h1-6,8,14H,7H2,(H2,20,22)(H,21,23)/t14-/m0/s1. The number of nitrogens with one attached hydrogen (secondary N) is 1. The van der Waals surface area contributed by atoms with Crippen LogP contribution >= 0.6 is 15.9 Å². The van der Waals surface area contributed by atoms with Crippen LogP contribution in [0.25, 0.3) is 0 Å². The van der Waals surface area contributed by atoms with Crippen LogP contribution in [-0.4, -0.2) is 17.9 Å². The quantitative estimate of drug-likeness (QED) is 0.833. The van der Waals surface area contributed by atoms with Gasteiger partial charge in [0.2, 0.25) is 5.91 Å². The Balaban J connectivity index is 2.18. The Bertz CT molecular complexity index is 753. The minimum atomic E-state index is -1.02. The second kappa shape index (κ2) is 7.32. The van der Waals surface area contributed by atoms with Gasteiger partial charge in [0.05, 0.1) is 5.56 Å². The summed E-state index contributed by atoms with van der Waals surface area (Å²) in [5.41, 5.74) is 5.70. The highest BCUT2D eigenvalue weighted by Gasteiger charge is 2.22. The zero-order valence-electron chi connectivity index (χ0n) is 11.9. The van der Waals surface area contributed by atoms with Gasteiger partial charge in [-0.15, -0.1) is 0 Å². The molecule has 23 heavy (non-hydrogen) atoms. The fraction of sp³-hybridized carbons (Fsp3) is 0.125. The maximum absolute atomic E-state index is 13.6. The molecule has 0 aliphatic rings. The van der Waals surface area contributed by atoms with E-state index in [4.69, 9.17) is 5.73 Å². The maximum atomic E-state index is 13.6. The minimum Gasteiger partial charge on any atom is -0.368 e. The Hall–Kier alpha value is -2.28. The van der Waals surface area contributed by atoms with Gasteiger partial charge < -0.3 is 11.1 Å². The van der Waals surface area contributed by atoms with Crippen LogP contribution in [0.2, 0.25) is 0 Å². The van der Waals surface area contributed by atoms with Crippen LogP contribution in [0.3, 0.4) is 0 Å². The van der Waals surface area contributed by atoms with Crippen molar-refractivity contribution in [1.29, 1.82) is 0 Å². The number of rotatable bonds is 5. The number of carbonyl (C=O) groups is 2. The second-order valence-corrected chi connectivity index (χ2v) is 5.70. The summed E-state index contributed by atoms with van der Waals surface area (Å²) < 4.78 is 27.3. The topological polar surface area (TPSA) is 72.2 Å². The Labute approximate surface area is 139 Å². The molecule has 0 aromatic heterocycles. The van der Waals surface area contributed by atoms with Crippen LogP contribution in [0, 0.1) is 11.6 Å². The van der Waals surface area contributed by atoms with E-state index < -0.39 is 29.5 Å². The van der Waals surface area contributed by atoms with E-state index in [1.807, 2.05) is 0 Å². The van der Waals surface area contributed by atoms with E-state index in [1.165, 1.54) is 0 Å². The van der Waals surface area contributed by atoms with Crippen molar-refractivity contribution >= 4 is 27.7 Å². The summed E-state index contributed by atoms with van der Waals surface area (Å²) in [5, 5.41) is 2.37. The molecular formula is C16H13BrF2N2O2. The van der Waals surface area contributed by atoms with E-state index in [9.17, 15) is 18.4 Å². The molecule has 2 rings (SSSR count). The summed E-state index contributed by atoms with van der Waals surface area (Å²) in [7, 11) is 0. The van der Waals surface area contributed by atoms with Gasteiger partial charge in [0.15, 0.2) is 0 Å². The zero-order chi connectivity index (χ0) is 17.0. The molecule has 0 saturated carbocycles. The van der Waals surface area contributed by atoms with E-state index in [0.29, 0.717) is 6.07 Å². The summed E-state index contributed by atoms with van der Waals surface area (Å²) in [4.78, 5) is 23.6. The molecule has 0 radical (unpaired) electrons. The first kappa shape index (κ1) is 17.1. The first-order chi connectivity index (χ1) is 10.9.